The summed E-state index contributed by atoms with van der Waals surface area (Å²) in [5.41, 5.74) is 3.13. The van der Waals surface area contributed by atoms with Crippen LogP contribution in [0.4, 0.5) is 0 Å². The minimum atomic E-state index is -0.598. The molecule has 1 N–H and O–H groups in total. The molecule has 0 aromatic heterocycles. The van der Waals surface area contributed by atoms with Crippen LogP contribution in [0.3, 0.4) is 0 Å². The molecule has 5 nitrogen and oxygen atoms in total. The maximum atomic E-state index is 13.0. The summed E-state index contributed by atoms with van der Waals surface area (Å²) in [4.78, 5) is 27.3. The van der Waals surface area contributed by atoms with Crippen LogP contribution >= 0.6 is 0 Å². The molecule has 0 unspecified atom stereocenters. The van der Waals surface area contributed by atoms with E-state index < -0.39 is 6.04 Å². The van der Waals surface area contributed by atoms with E-state index in [0.717, 1.165) is 23.1 Å². The predicted molar refractivity (Wildman–Crippen MR) is 116 cm³/mol. The van der Waals surface area contributed by atoms with Crippen molar-refractivity contribution in [2.24, 2.45) is 0 Å². The van der Waals surface area contributed by atoms with Gasteiger partial charge in [0.15, 0.2) is 6.61 Å². The first-order valence-electron chi connectivity index (χ1n) is 10.1. The molecule has 5 heteroatoms. The summed E-state index contributed by atoms with van der Waals surface area (Å²) in [6.45, 7) is 9.95. The van der Waals surface area contributed by atoms with Crippen molar-refractivity contribution in [1.82, 2.24) is 10.2 Å². The quantitative estimate of drug-likeness (QED) is 0.697. The zero-order chi connectivity index (χ0) is 21.4. The number of amides is 2. The zero-order valence-corrected chi connectivity index (χ0v) is 18.1. The van der Waals surface area contributed by atoms with Crippen LogP contribution in [0.25, 0.3) is 0 Å². The minimum Gasteiger partial charge on any atom is -0.484 e. The second kappa shape index (κ2) is 10.6. The summed E-state index contributed by atoms with van der Waals surface area (Å²) in [5.74, 6) is 0.280. The van der Waals surface area contributed by atoms with Gasteiger partial charge in [-0.15, -0.1) is 0 Å². The molecule has 0 heterocycles. The van der Waals surface area contributed by atoms with Gasteiger partial charge < -0.3 is 15.0 Å². The minimum absolute atomic E-state index is 0.0603. The van der Waals surface area contributed by atoms with Crippen molar-refractivity contribution in [3.8, 4) is 5.75 Å². The number of hydrogen-bond acceptors (Lipinski definition) is 3. The van der Waals surface area contributed by atoms with E-state index in [1.165, 1.54) is 0 Å². The Labute approximate surface area is 174 Å². The third kappa shape index (κ3) is 6.93. The van der Waals surface area contributed by atoms with Gasteiger partial charge in [-0.2, -0.15) is 0 Å². The molecule has 0 saturated carbocycles. The van der Waals surface area contributed by atoms with Gasteiger partial charge in [-0.1, -0.05) is 43.3 Å². The van der Waals surface area contributed by atoms with E-state index in [4.69, 9.17) is 4.74 Å². The standard InChI is InChI=1S/C24H32N2O3/c1-6-19(4)25-24(28)20(5)26(15-21-10-8-7-9-11-21)23(27)16-29-22-13-17(2)12-18(3)14-22/h7-14,19-20H,6,15-16H2,1-5H3,(H,25,28)/t19-,20+/m0/s1. The number of hydrogen-bond donors (Lipinski definition) is 1. The predicted octanol–water partition coefficient (Wildman–Crippen LogP) is 4.01. The van der Waals surface area contributed by atoms with Crippen molar-refractivity contribution in [2.45, 2.75) is 59.7 Å². The largest absolute Gasteiger partial charge is 0.484 e. The van der Waals surface area contributed by atoms with Crippen LogP contribution < -0.4 is 10.1 Å². The summed E-state index contributed by atoms with van der Waals surface area (Å²) in [5, 5.41) is 2.97. The van der Waals surface area contributed by atoms with Crippen molar-refractivity contribution >= 4 is 11.8 Å². The normalized spacial score (nSPS) is 12.7. The lowest BCUT2D eigenvalue weighted by atomic mass is 10.1. The van der Waals surface area contributed by atoms with Crippen LogP contribution in [0.5, 0.6) is 5.75 Å². The van der Waals surface area contributed by atoms with Gasteiger partial charge in [0.2, 0.25) is 5.91 Å². The Morgan fingerprint density at radius 3 is 2.24 bits per heavy atom. The Morgan fingerprint density at radius 2 is 1.66 bits per heavy atom. The van der Waals surface area contributed by atoms with Crippen molar-refractivity contribution in [3.05, 3.63) is 65.2 Å². The summed E-state index contributed by atoms with van der Waals surface area (Å²) in [6, 6.07) is 15.0. The molecular formula is C24H32N2O3. The lowest BCUT2D eigenvalue weighted by molar-refractivity contribution is -0.142. The smallest absolute Gasteiger partial charge is 0.261 e. The van der Waals surface area contributed by atoms with E-state index in [1.54, 1.807) is 11.8 Å². The van der Waals surface area contributed by atoms with Gasteiger partial charge in [-0.25, -0.2) is 0 Å². The summed E-state index contributed by atoms with van der Waals surface area (Å²) >= 11 is 0. The average molecular weight is 397 g/mol. The number of ether oxygens (including phenoxy) is 1. The van der Waals surface area contributed by atoms with E-state index in [-0.39, 0.29) is 24.5 Å². The molecule has 2 rings (SSSR count). The fourth-order valence-corrected chi connectivity index (χ4v) is 3.07. The molecule has 0 radical (unpaired) electrons. The second-order valence-electron chi connectivity index (χ2n) is 7.61. The Hall–Kier alpha value is -2.82. The van der Waals surface area contributed by atoms with Gasteiger partial charge >= 0.3 is 0 Å². The van der Waals surface area contributed by atoms with Gasteiger partial charge in [0.1, 0.15) is 11.8 Å². The fraction of sp³-hybridized carbons (Fsp3) is 0.417. The Bertz CT molecular complexity index is 800. The third-order valence-electron chi connectivity index (χ3n) is 4.92. The maximum Gasteiger partial charge on any atom is 0.261 e. The molecule has 0 saturated heterocycles. The fourth-order valence-electron chi connectivity index (χ4n) is 3.07. The summed E-state index contributed by atoms with van der Waals surface area (Å²) in [7, 11) is 0. The highest BCUT2D eigenvalue weighted by Crippen LogP contribution is 2.17. The van der Waals surface area contributed by atoms with Crippen molar-refractivity contribution in [2.75, 3.05) is 6.61 Å². The van der Waals surface area contributed by atoms with E-state index >= 15 is 0 Å². The van der Waals surface area contributed by atoms with Gasteiger partial charge in [-0.05, 0) is 62.9 Å². The monoisotopic (exact) mass is 396 g/mol. The van der Waals surface area contributed by atoms with Crippen LogP contribution in [0.1, 0.15) is 43.9 Å². The number of aryl methyl sites for hydroxylation is 2. The molecule has 29 heavy (non-hydrogen) atoms. The van der Waals surface area contributed by atoms with E-state index in [1.807, 2.05) is 70.2 Å². The van der Waals surface area contributed by atoms with Crippen LogP contribution in [-0.2, 0) is 16.1 Å². The molecule has 0 aliphatic rings. The first-order valence-corrected chi connectivity index (χ1v) is 10.1. The topological polar surface area (TPSA) is 58.6 Å². The number of nitrogens with zero attached hydrogens (tertiary/aromatic N) is 1. The lowest BCUT2D eigenvalue weighted by Crippen LogP contribution is -2.50. The molecule has 156 valence electrons. The maximum absolute atomic E-state index is 13.0. The highest BCUT2D eigenvalue weighted by atomic mass is 16.5. The third-order valence-corrected chi connectivity index (χ3v) is 4.92. The Morgan fingerprint density at radius 1 is 1.03 bits per heavy atom. The number of benzene rings is 2. The van der Waals surface area contributed by atoms with E-state index in [0.29, 0.717) is 12.3 Å². The molecule has 0 spiro atoms. The number of rotatable bonds is 9. The van der Waals surface area contributed by atoms with E-state index in [2.05, 4.69) is 11.4 Å². The molecular weight excluding hydrogens is 364 g/mol. The van der Waals surface area contributed by atoms with Gasteiger partial charge in [0.05, 0.1) is 0 Å². The summed E-state index contributed by atoms with van der Waals surface area (Å²) in [6.07, 6.45) is 0.834. The zero-order valence-electron chi connectivity index (χ0n) is 18.1. The first kappa shape index (κ1) is 22.5. The van der Waals surface area contributed by atoms with Crippen molar-refractivity contribution in [3.63, 3.8) is 0 Å². The molecule has 2 atom stereocenters. The first-order chi connectivity index (χ1) is 13.8. The van der Waals surface area contributed by atoms with Gasteiger partial charge in [0.25, 0.3) is 5.91 Å². The molecule has 0 bridgehead atoms. The number of nitrogens with one attached hydrogen (secondary N) is 1. The molecule has 0 aliphatic carbocycles. The van der Waals surface area contributed by atoms with Crippen molar-refractivity contribution < 1.29 is 14.3 Å². The van der Waals surface area contributed by atoms with Crippen LogP contribution in [0, 0.1) is 13.8 Å². The van der Waals surface area contributed by atoms with Crippen LogP contribution in [0.15, 0.2) is 48.5 Å². The number of carbonyl (C=O) groups is 2. The van der Waals surface area contributed by atoms with Gasteiger partial charge in [0, 0.05) is 12.6 Å². The molecule has 2 aromatic rings. The lowest BCUT2D eigenvalue weighted by Gasteiger charge is -2.29. The van der Waals surface area contributed by atoms with Crippen molar-refractivity contribution in [1.29, 1.82) is 0 Å². The molecule has 2 amide bonds. The van der Waals surface area contributed by atoms with Crippen LogP contribution in [0.2, 0.25) is 0 Å². The number of carbonyl (C=O) groups excluding carboxylic acids is 2. The van der Waals surface area contributed by atoms with Gasteiger partial charge in [-0.3, -0.25) is 9.59 Å². The molecule has 0 fully saturated rings. The summed E-state index contributed by atoms with van der Waals surface area (Å²) < 4.78 is 5.76. The highest BCUT2D eigenvalue weighted by Gasteiger charge is 2.27. The molecule has 2 aromatic carbocycles. The molecule has 0 aliphatic heterocycles. The Kier molecular flexibility index (Phi) is 8.25. The van der Waals surface area contributed by atoms with Crippen LogP contribution in [-0.4, -0.2) is 35.4 Å². The highest BCUT2D eigenvalue weighted by molar-refractivity contribution is 5.88. The Balaban J connectivity index is 2.14. The average Bonchev–Trinajstić information content (AvgIpc) is 2.69. The SMILES string of the molecule is CC[C@H](C)NC(=O)[C@@H](C)N(Cc1ccccc1)C(=O)COc1cc(C)cc(C)c1. The van der Waals surface area contributed by atoms with E-state index in [9.17, 15) is 9.59 Å². The second-order valence-corrected chi connectivity index (χ2v) is 7.61.